The van der Waals surface area contributed by atoms with E-state index in [0.29, 0.717) is 32.5 Å². The predicted octanol–water partition coefficient (Wildman–Crippen LogP) is 2.57. The topological polar surface area (TPSA) is 83.7 Å². The number of morpholine rings is 1. The minimum atomic E-state index is 0.0386. The summed E-state index contributed by atoms with van der Waals surface area (Å²) in [4.78, 5) is 21.5. The van der Waals surface area contributed by atoms with Crippen molar-refractivity contribution in [1.29, 1.82) is 0 Å². The fraction of sp³-hybridized carbons (Fsp3) is 0.435. The molecule has 0 spiro atoms. The van der Waals surface area contributed by atoms with Crippen LogP contribution in [0.3, 0.4) is 0 Å². The Morgan fingerprint density at radius 1 is 1.16 bits per heavy atom. The number of ether oxygens (including phenoxy) is 1. The van der Waals surface area contributed by atoms with Gasteiger partial charge in [0, 0.05) is 57.1 Å². The molecule has 0 bridgehead atoms. The summed E-state index contributed by atoms with van der Waals surface area (Å²) < 4.78 is 15.4. The van der Waals surface area contributed by atoms with Crippen LogP contribution in [0.4, 0.5) is 5.13 Å². The Balaban J connectivity index is 1.31. The van der Waals surface area contributed by atoms with Crippen molar-refractivity contribution in [3.05, 3.63) is 65.9 Å². The van der Waals surface area contributed by atoms with Gasteiger partial charge in [0.15, 0.2) is 0 Å². The lowest BCUT2D eigenvalue weighted by Gasteiger charge is -2.26. The second-order valence-electron chi connectivity index (χ2n) is 7.71. The zero-order valence-electron chi connectivity index (χ0n) is 18.1. The Bertz CT molecular complexity index is 942. The molecule has 4 rings (SSSR count). The van der Waals surface area contributed by atoms with Gasteiger partial charge in [0.25, 0.3) is 0 Å². The Morgan fingerprint density at radius 3 is 2.78 bits per heavy atom. The number of rotatable bonds is 11. The number of nitrogens with zero attached hydrogens (tertiary/aromatic N) is 4. The average molecular weight is 456 g/mol. The smallest absolute Gasteiger partial charge is 0.221 e. The van der Waals surface area contributed by atoms with Gasteiger partial charge in [-0.15, -0.1) is 0 Å². The normalized spacial score (nSPS) is 14.4. The largest absolute Gasteiger partial charge is 0.467 e. The number of carbonyl (C=O) groups excluding carboxylic acids is 1. The van der Waals surface area contributed by atoms with Gasteiger partial charge in [-0.1, -0.05) is 30.3 Å². The highest BCUT2D eigenvalue weighted by molar-refractivity contribution is 7.09. The fourth-order valence-corrected chi connectivity index (χ4v) is 4.27. The third-order valence-electron chi connectivity index (χ3n) is 5.32. The van der Waals surface area contributed by atoms with E-state index in [1.807, 2.05) is 30.3 Å². The van der Waals surface area contributed by atoms with E-state index in [1.165, 1.54) is 17.1 Å². The van der Waals surface area contributed by atoms with Gasteiger partial charge in [-0.3, -0.25) is 9.69 Å². The van der Waals surface area contributed by atoms with Crippen LogP contribution in [0, 0.1) is 0 Å². The summed E-state index contributed by atoms with van der Waals surface area (Å²) in [6, 6.07) is 14.0. The standard InChI is InChI=1S/C23H29N5O3S/c29-22(24-9-11-27-12-15-30-16-13-27)8-10-28(18-20-7-4-14-31-20)23-25-21(26-32-23)17-19-5-2-1-3-6-19/h1-7,14H,8-13,15-18H2,(H,24,29). The Morgan fingerprint density at radius 2 is 2.00 bits per heavy atom. The monoisotopic (exact) mass is 455 g/mol. The van der Waals surface area contributed by atoms with Crippen LogP contribution in [0.5, 0.6) is 0 Å². The average Bonchev–Trinajstić information content (AvgIpc) is 3.50. The second kappa shape index (κ2) is 11.8. The maximum absolute atomic E-state index is 12.4. The molecule has 1 aromatic carbocycles. The van der Waals surface area contributed by atoms with Crippen molar-refractivity contribution in [3.8, 4) is 0 Å². The predicted molar refractivity (Wildman–Crippen MR) is 124 cm³/mol. The number of carbonyl (C=O) groups is 1. The number of furan rings is 1. The molecule has 1 aliphatic rings. The van der Waals surface area contributed by atoms with Crippen LogP contribution in [0.25, 0.3) is 0 Å². The molecule has 1 saturated heterocycles. The lowest BCUT2D eigenvalue weighted by molar-refractivity contribution is -0.121. The summed E-state index contributed by atoms with van der Waals surface area (Å²) >= 11 is 1.36. The van der Waals surface area contributed by atoms with Gasteiger partial charge in [-0.05, 0) is 17.7 Å². The highest BCUT2D eigenvalue weighted by Gasteiger charge is 2.17. The van der Waals surface area contributed by atoms with E-state index in [9.17, 15) is 4.79 Å². The molecule has 1 aliphatic heterocycles. The van der Waals surface area contributed by atoms with Gasteiger partial charge in [-0.25, -0.2) is 4.98 Å². The third kappa shape index (κ3) is 6.88. The van der Waals surface area contributed by atoms with Crippen molar-refractivity contribution in [3.63, 3.8) is 0 Å². The van der Waals surface area contributed by atoms with Gasteiger partial charge < -0.3 is 19.4 Å². The summed E-state index contributed by atoms with van der Waals surface area (Å²) in [5, 5.41) is 3.83. The SMILES string of the molecule is O=C(CCN(Cc1ccco1)c1nc(Cc2ccccc2)ns1)NCCN1CCOCC1. The maximum Gasteiger partial charge on any atom is 0.221 e. The molecule has 0 saturated carbocycles. The van der Waals surface area contributed by atoms with E-state index in [-0.39, 0.29) is 5.91 Å². The third-order valence-corrected chi connectivity index (χ3v) is 6.14. The molecule has 1 N–H and O–H groups in total. The van der Waals surface area contributed by atoms with E-state index in [1.54, 1.807) is 6.26 Å². The van der Waals surface area contributed by atoms with Crippen molar-refractivity contribution in [2.24, 2.45) is 0 Å². The van der Waals surface area contributed by atoms with E-state index in [2.05, 4.69) is 31.6 Å². The first-order valence-electron chi connectivity index (χ1n) is 11.0. The van der Waals surface area contributed by atoms with Crippen molar-refractivity contribution in [2.75, 3.05) is 50.8 Å². The Hall–Kier alpha value is -2.75. The minimum absolute atomic E-state index is 0.0386. The van der Waals surface area contributed by atoms with Crippen LogP contribution in [-0.4, -0.2) is 66.1 Å². The van der Waals surface area contributed by atoms with Gasteiger partial charge in [0.2, 0.25) is 11.0 Å². The van der Waals surface area contributed by atoms with E-state index in [0.717, 1.165) is 49.6 Å². The first-order chi connectivity index (χ1) is 15.8. The molecule has 3 heterocycles. The van der Waals surface area contributed by atoms with E-state index < -0.39 is 0 Å². The van der Waals surface area contributed by atoms with Crippen molar-refractivity contribution in [1.82, 2.24) is 19.6 Å². The van der Waals surface area contributed by atoms with Crippen LogP contribution >= 0.6 is 11.5 Å². The van der Waals surface area contributed by atoms with Gasteiger partial charge in [-0.2, -0.15) is 4.37 Å². The van der Waals surface area contributed by atoms with Gasteiger partial charge in [0.1, 0.15) is 11.6 Å². The highest BCUT2D eigenvalue weighted by atomic mass is 32.1. The van der Waals surface area contributed by atoms with Crippen molar-refractivity contribution >= 4 is 22.6 Å². The lowest BCUT2D eigenvalue weighted by atomic mass is 10.1. The van der Waals surface area contributed by atoms with Crippen LogP contribution in [-0.2, 0) is 22.5 Å². The van der Waals surface area contributed by atoms with Crippen LogP contribution in [0.1, 0.15) is 23.6 Å². The quantitative estimate of drug-likeness (QED) is 0.476. The first-order valence-corrected chi connectivity index (χ1v) is 11.7. The van der Waals surface area contributed by atoms with Crippen molar-refractivity contribution < 1.29 is 13.9 Å². The molecule has 9 heteroatoms. The summed E-state index contributed by atoms with van der Waals surface area (Å²) in [7, 11) is 0. The molecule has 0 aliphatic carbocycles. The second-order valence-corrected chi connectivity index (χ2v) is 8.44. The number of nitrogens with one attached hydrogen (secondary N) is 1. The molecule has 8 nitrogen and oxygen atoms in total. The van der Waals surface area contributed by atoms with Gasteiger partial charge >= 0.3 is 0 Å². The number of hydrogen-bond acceptors (Lipinski definition) is 8. The van der Waals surface area contributed by atoms with Crippen LogP contribution in [0.15, 0.2) is 53.1 Å². The lowest BCUT2D eigenvalue weighted by Crippen LogP contribution is -2.41. The fourth-order valence-electron chi connectivity index (χ4n) is 3.56. The highest BCUT2D eigenvalue weighted by Crippen LogP contribution is 2.21. The summed E-state index contributed by atoms with van der Waals surface area (Å²) in [6.45, 7) is 5.98. The number of benzene rings is 1. The molecule has 2 aromatic heterocycles. The Labute approximate surface area is 192 Å². The number of hydrogen-bond donors (Lipinski definition) is 1. The first kappa shape index (κ1) is 22.4. The maximum atomic E-state index is 12.4. The van der Waals surface area contributed by atoms with Crippen LogP contribution in [0.2, 0.25) is 0 Å². The number of anilines is 1. The molecule has 1 amide bonds. The molecule has 32 heavy (non-hydrogen) atoms. The molecule has 0 unspecified atom stereocenters. The molecule has 1 fully saturated rings. The summed E-state index contributed by atoms with van der Waals surface area (Å²) in [6.07, 6.45) is 2.73. The number of amides is 1. The zero-order valence-corrected chi connectivity index (χ0v) is 18.9. The molecule has 0 radical (unpaired) electrons. The van der Waals surface area contributed by atoms with Crippen molar-refractivity contribution in [2.45, 2.75) is 19.4 Å². The molecular formula is C23H29N5O3S. The molecule has 170 valence electrons. The van der Waals surface area contributed by atoms with Gasteiger partial charge in [0.05, 0.1) is 26.0 Å². The zero-order chi connectivity index (χ0) is 22.0. The molecular weight excluding hydrogens is 426 g/mol. The Kier molecular flexibility index (Phi) is 8.24. The summed E-state index contributed by atoms with van der Waals surface area (Å²) in [5.41, 5.74) is 1.18. The molecule has 0 atom stereocenters. The molecule has 3 aromatic rings. The van der Waals surface area contributed by atoms with E-state index in [4.69, 9.17) is 14.1 Å². The summed E-state index contributed by atoms with van der Waals surface area (Å²) in [5.74, 6) is 1.66. The van der Waals surface area contributed by atoms with Crippen LogP contribution < -0.4 is 10.2 Å². The van der Waals surface area contributed by atoms with E-state index >= 15 is 0 Å². The minimum Gasteiger partial charge on any atom is -0.467 e. The number of aromatic nitrogens is 2.